The van der Waals surface area contributed by atoms with Gasteiger partial charge in [0.2, 0.25) is 0 Å². The van der Waals surface area contributed by atoms with Gasteiger partial charge in [-0.05, 0) is 13.0 Å². The first-order valence-corrected chi connectivity index (χ1v) is 4.02. The second-order valence-electron chi connectivity index (χ2n) is 2.25. The normalized spacial score (nSPS) is 11.7. The van der Waals surface area contributed by atoms with Crippen LogP contribution in [0.4, 0.5) is 0 Å². The molecule has 0 aliphatic rings. The topological polar surface area (TPSA) is 51.3 Å². The van der Waals surface area contributed by atoms with Crippen molar-refractivity contribution >= 4 is 17.4 Å². The molecule has 0 bridgehead atoms. The van der Waals surface area contributed by atoms with Gasteiger partial charge in [0.05, 0.1) is 5.02 Å². The molecule has 0 radical (unpaired) electrons. The van der Waals surface area contributed by atoms with E-state index in [4.69, 9.17) is 17.3 Å². The van der Waals surface area contributed by atoms with Gasteiger partial charge >= 0.3 is 0 Å². The molecule has 2 N–H and O–H groups in total. The number of hydrogen-bond acceptors (Lipinski definition) is 2. The Labute approximate surface area is 76.3 Å². The number of nitrogens with zero attached hydrogens (tertiary/aromatic N) is 2. The minimum absolute atomic E-state index is 0.479. The summed E-state index contributed by atoms with van der Waals surface area (Å²) < 4.78 is 0. The lowest BCUT2D eigenvalue weighted by Crippen LogP contribution is -2.13. The van der Waals surface area contributed by atoms with E-state index < -0.39 is 0 Å². The van der Waals surface area contributed by atoms with Crippen LogP contribution in [0.25, 0.3) is 0 Å². The Kier molecular flexibility index (Phi) is 3.05. The van der Waals surface area contributed by atoms with E-state index >= 15 is 0 Å². The van der Waals surface area contributed by atoms with Crippen LogP contribution >= 0.6 is 11.6 Å². The van der Waals surface area contributed by atoms with Crippen molar-refractivity contribution in [3.63, 3.8) is 0 Å². The van der Waals surface area contributed by atoms with Crippen molar-refractivity contribution in [1.29, 1.82) is 0 Å². The highest BCUT2D eigenvalue weighted by Crippen LogP contribution is 2.07. The molecule has 1 heterocycles. The van der Waals surface area contributed by atoms with Gasteiger partial charge < -0.3 is 5.73 Å². The molecule has 3 nitrogen and oxygen atoms in total. The highest BCUT2D eigenvalue weighted by atomic mass is 35.5. The summed E-state index contributed by atoms with van der Waals surface area (Å²) in [6, 6.07) is 1.74. The van der Waals surface area contributed by atoms with Crippen molar-refractivity contribution in [3.05, 3.63) is 29.0 Å². The summed E-state index contributed by atoms with van der Waals surface area (Å²) in [6.45, 7) is 2.59. The van der Waals surface area contributed by atoms with E-state index in [-0.39, 0.29) is 0 Å². The monoisotopic (exact) mass is 183 g/mol. The van der Waals surface area contributed by atoms with Gasteiger partial charge in [0.15, 0.2) is 0 Å². The molecule has 1 aromatic heterocycles. The van der Waals surface area contributed by atoms with Crippen LogP contribution in [0.15, 0.2) is 23.5 Å². The first kappa shape index (κ1) is 9.00. The van der Waals surface area contributed by atoms with E-state index in [1.807, 2.05) is 6.92 Å². The number of pyridine rings is 1. The molecule has 0 unspecified atom stereocenters. The molecule has 4 heteroatoms. The van der Waals surface area contributed by atoms with Gasteiger partial charge in [-0.1, -0.05) is 11.6 Å². The average molecular weight is 184 g/mol. The SMILES string of the molecule is CCN=C(N)c1cncc(Cl)c1. The van der Waals surface area contributed by atoms with E-state index in [0.717, 1.165) is 5.56 Å². The molecular formula is C8H10ClN3. The van der Waals surface area contributed by atoms with E-state index in [0.29, 0.717) is 17.4 Å². The first-order valence-electron chi connectivity index (χ1n) is 3.65. The maximum absolute atomic E-state index is 5.72. The van der Waals surface area contributed by atoms with E-state index in [2.05, 4.69) is 9.98 Å². The van der Waals surface area contributed by atoms with E-state index in [1.54, 1.807) is 18.5 Å². The molecule has 1 aromatic rings. The Hall–Kier alpha value is -1.09. The molecule has 0 fully saturated rings. The highest BCUT2D eigenvalue weighted by molar-refractivity contribution is 6.30. The van der Waals surface area contributed by atoms with Crippen molar-refractivity contribution in [3.8, 4) is 0 Å². The minimum Gasteiger partial charge on any atom is -0.383 e. The zero-order valence-electron chi connectivity index (χ0n) is 6.79. The number of amidine groups is 1. The van der Waals surface area contributed by atoms with Crippen LogP contribution in [-0.4, -0.2) is 17.4 Å². The summed E-state index contributed by atoms with van der Waals surface area (Å²) in [5.74, 6) is 0.479. The Balaban J connectivity index is 2.95. The Morgan fingerprint density at radius 3 is 3.00 bits per heavy atom. The molecule has 1 rings (SSSR count). The van der Waals surface area contributed by atoms with Gasteiger partial charge in [0.25, 0.3) is 0 Å². The first-order chi connectivity index (χ1) is 5.74. The van der Waals surface area contributed by atoms with Crippen molar-refractivity contribution in [1.82, 2.24) is 4.98 Å². The van der Waals surface area contributed by atoms with Crippen molar-refractivity contribution in [2.75, 3.05) is 6.54 Å². The van der Waals surface area contributed by atoms with E-state index in [9.17, 15) is 0 Å². The zero-order valence-corrected chi connectivity index (χ0v) is 7.54. The summed E-state index contributed by atoms with van der Waals surface area (Å²) in [6.07, 6.45) is 3.20. The smallest absolute Gasteiger partial charge is 0.127 e. The van der Waals surface area contributed by atoms with Crippen LogP contribution in [0, 0.1) is 0 Å². The minimum atomic E-state index is 0.479. The van der Waals surface area contributed by atoms with Crippen molar-refractivity contribution < 1.29 is 0 Å². The highest BCUT2D eigenvalue weighted by Gasteiger charge is 1.97. The molecule has 64 valence electrons. The van der Waals surface area contributed by atoms with Crippen molar-refractivity contribution in [2.45, 2.75) is 6.92 Å². The fraction of sp³-hybridized carbons (Fsp3) is 0.250. The third-order valence-electron chi connectivity index (χ3n) is 1.33. The molecule has 0 saturated carbocycles. The lowest BCUT2D eigenvalue weighted by Gasteiger charge is -1.98. The molecule has 0 spiro atoms. The summed E-state index contributed by atoms with van der Waals surface area (Å²) in [5, 5.41) is 0.571. The number of aliphatic imine (C=N–C) groups is 1. The third-order valence-corrected chi connectivity index (χ3v) is 1.54. The summed E-state index contributed by atoms with van der Waals surface area (Å²) in [7, 11) is 0. The number of halogens is 1. The molecule has 0 atom stereocenters. The standard InChI is InChI=1S/C8H10ClN3/c1-2-12-8(10)6-3-7(9)5-11-4-6/h3-5H,2H2,1H3,(H2,10,12). The molecule has 0 saturated heterocycles. The molecule has 12 heavy (non-hydrogen) atoms. The van der Waals surface area contributed by atoms with Crippen LogP contribution in [0.5, 0.6) is 0 Å². The second-order valence-corrected chi connectivity index (χ2v) is 2.69. The van der Waals surface area contributed by atoms with Gasteiger partial charge in [-0.3, -0.25) is 9.98 Å². The maximum Gasteiger partial charge on any atom is 0.127 e. The van der Waals surface area contributed by atoms with Crippen molar-refractivity contribution in [2.24, 2.45) is 10.7 Å². The fourth-order valence-corrected chi connectivity index (χ4v) is 0.987. The number of nitrogens with two attached hydrogens (primary N) is 1. The largest absolute Gasteiger partial charge is 0.383 e. The molecule has 0 aliphatic heterocycles. The average Bonchev–Trinajstić information content (AvgIpc) is 2.05. The maximum atomic E-state index is 5.72. The van der Waals surface area contributed by atoms with Crippen LogP contribution < -0.4 is 5.73 Å². The lowest BCUT2D eigenvalue weighted by molar-refractivity contribution is 1.12. The fourth-order valence-electron chi connectivity index (χ4n) is 0.814. The van der Waals surface area contributed by atoms with Gasteiger partial charge in [-0.2, -0.15) is 0 Å². The molecule has 0 aliphatic carbocycles. The van der Waals surface area contributed by atoms with Crippen LogP contribution in [0.3, 0.4) is 0 Å². The number of hydrogen-bond donors (Lipinski definition) is 1. The van der Waals surface area contributed by atoms with Gasteiger partial charge in [0.1, 0.15) is 5.84 Å². The predicted molar refractivity (Wildman–Crippen MR) is 50.5 cm³/mol. The second kappa shape index (κ2) is 4.07. The molecular weight excluding hydrogens is 174 g/mol. The Morgan fingerprint density at radius 1 is 1.67 bits per heavy atom. The van der Waals surface area contributed by atoms with E-state index in [1.165, 1.54) is 0 Å². The molecule has 0 amide bonds. The summed E-state index contributed by atoms with van der Waals surface area (Å²) in [5.41, 5.74) is 6.39. The zero-order chi connectivity index (χ0) is 8.97. The molecule has 0 aromatic carbocycles. The lowest BCUT2D eigenvalue weighted by atomic mass is 10.3. The predicted octanol–water partition coefficient (Wildman–Crippen LogP) is 1.46. The number of aromatic nitrogens is 1. The van der Waals surface area contributed by atoms with Crippen LogP contribution in [0.2, 0.25) is 5.02 Å². The Bertz CT molecular complexity index is 296. The van der Waals surface area contributed by atoms with Gasteiger partial charge in [-0.15, -0.1) is 0 Å². The van der Waals surface area contributed by atoms with Gasteiger partial charge in [-0.25, -0.2) is 0 Å². The summed E-state index contributed by atoms with van der Waals surface area (Å²) in [4.78, 5) is 7.93. The quantitative estimate of drug-likeness (QED) is 0.558. The number of rotatable bonds is 2. The Morgan fingerprint density at radius 2 is 2.42 bits per heavy atom. The van der Waals surface area contributed by atoms with Crippen LogP contribution in [0.1, 0.15) is 12.5 Å². The van der Waals surface area contributed by atoms with Crippen LogP contribution in [-0.2, 0) is 0 Å². The van der Waals surface area contributed by atoms with Gasteiger partial charge in [0, 0.05) is 24.5 Å². The summed E-state index contributed by atoms with van der Waals surface area (Å²) >= 11 is 5.72. The third kappa shape index (κ3) is 2.20.